The number of rotatable bonds is 5. The molecule has 0 amide bonds. The normalized spacial score (nSPS) is 12.9. The van der Waals surface area contributed by atoms with E-state index in [0.717, 1.165) is 24.2 Å². The fourth-order valence-electron chi connectivity index (χ4n) is 2.42. The van der Waals surface area contributed by atoms with Gasteiger partial charge in [0.15, 0.2) is 12.1 Å². The first-order valence-corrected chi connectivity index (χ1v) is 6.69. The van der Waals surface area contributed by atoms with Crippen molar-refractivity contribution in [1.29, 1.82) is 0 Å². The average molecular weight is 259 g/mol. The molecule has 0 aliphatic rings. The summed E-state index contributed by atoms with van der Waals surface area (Å²) in [7, 11) is 2.00. The number of pyridine rings is 1. The summed E-state index contributed by atoms with van der Waals surface area (Å²) in [5.74, 6) is 1.38. The Bertz CT molecular complexity index is 574. The highest BCUT2D eigenvalue weighted by molar-refractivity contribution is 5.83. The number of hydrogen-bond donors (Lipinski definition) is 0. The fraction of sp³-hybridized carbons (Fsp3) is 0.467. The standard InChI is InChI=1S/C15H21N3O/c1-11(2)9-12(3)17(4)15-13(10-19)18-8-6-5-7-14(18)16-15/h5-8,10-12H,9H2,1-4H3. The van der Waals surface area contributed by atoms with Crippen LogP contribution in [0.25, 0.3) is 5.65 Å². The van der Waals surface area contributed by atoms with E-state index < -0.39 is 0 Å². The second-order valence-electron chi connectivity index (χ2n) is 5.46. The Morgan fingerprint density at radius 2 is 2.11 bits per heavy atom. The van der Waals surface area contributed by atoms with E-state index in [0.29, 0.717) is 17.7 Å². The molecule has 102 valence electrons. The molecule has 0 saturated heterocycles. The zero-order valence-electron chi connectivity index (χ0n) is 12.0. The van der Waals surface area contributed by atoms with Crippen LogP contribution in [0.5, 0.6) is 0 Å². The van der Waals surface area contributed by atoms with Crippen molar-refractivity contribution in [1.82, 2.24) is 9.38 Å². The maximum absolute atomic E-state index is 11.4. The lowest BCUT2D eigenvalue weighted by Crippen LogP contribution is -2.31. The molecule has 0 N–H and O–H groups in total. The van der Waals surface area contributed by atoms with Crippen molar-refractivity contribution < 1.29 is 4.79 Å². The van der Waals surface area contributed by atoms with Crippen LogP contribution in [0.3, 0.4) is 0 Å². The number of nitrogens with zero attached hydrogens (tertiary/aromatic N) is 3. The first-order chi connectivity index (χ1) is 9.04. The molecular weight excluding hydrogens is 238 g/mol. The lowest BCUT2D eigenvalue weighted by atomic mass is 10.0. The molecule has 0 aliphatic carbocycles. The van der Waals surface area contributed by atoms with E-state index in [-0.39, 0.29) is 0 Å². The number of carbonyl (C=O) groups excluding carboxylic acids is 1. The lowest BCUT2D eigenvalue weighted by molar-refractivity contribution is 0.111. The minimum Gasteiger partial charge on any atom is -0.355 e. The quantitative estimate of drug-likeness (QED) is 0.775. The van der Waals surface area contributed by atoms with Crippen LogP contribution in [0.4, 0.5) is 5.82 Å². The summed E-state index contributed by atoms with van der Waals surface area (Å²) in [4.78, 5) is 18.0. The molecular formula is C15H21N3O. The topological polar surface area (TPSA) is 37.6 Å². The summed E-state index contributed by atoms with van der Waals surface area (Å²) in [6, 6.07) is 6.10. The highest BCUT2D eigenvalue weighted by Gasteiger charge is 2.19. The van der Waals surface area contributed by atoms with Crippen molar-refractivity contribution in [3.8, 4) is 0 Å². The SMILES string of the molecule is CC(C)CC(C)N(C)c1nc2ccccn2c1C=O. The van der Waals surface area contributed by atoms with Gasteiger partial charge in [-0.1, -0.05) is 19.9 Å². The van der Waals surface area contributed by atoms with Crippen LogP contribution in [-0.2, 0) is 0 Å². The number of aldehydes is 1. The maximum Gasteiger partial charge on any atom is 0.170 e. The first kappa shape index (κ1) is 13.6. The molecule has 1 unspecified atom stereocenters. The van der Waals surface area contributed by atoms with Gasteiger partial charge >= 0.3 is 0 Å². The molecule has 0 fully saturated rings. The van der Waals surface area contributed by atoms with Crippen molar-refractivity contribution in [2.75, 3.05) is 11.9 Å². The summed E-state index contributed by atoms with van der Waals surface area (Å²) in [6.07, 6.45) is 3.83. The van der Waals surface area contributed by atoms with Crippen molar-refractivity contribution >= 4 is 17.8 Å². The Labute approximate surface area is 114 Å². The van der Waals surface area contributed by atoms with Crippen LogP contribution in [0.1, 0.15) is 37.7 Å². The fourth-order valence-corrected chi connectivity index (χ4v) is 2.42. The van der Waals surface area contributed by atoms with Crippen LogP contribution in [0.2, 0.25) is 0 Å². The predicted octanol–water partition coefficient (Wildman–Crippen LogP) is 3.02. The van der Waals surface area contributed by atoms with Gasteiger partial charge in [-0.05, 0) is 31.4 Å². The van der Waals surface area contributed by atoms with Crippen molar-refractivity contribution in [2.45, 2.75) is 33.2 Å². The van der Waals surface area contributed by atoms with E-state index >= 15 is 0 Å². The van der Waals surface area contributed by atoms with Crippen molar-refractivity contribution in [3.05, 3.63) is 30.1 Å². The van der Waals surface area contributed by atoms with Crippen LogP contribution in [0.15, 0.2) is 24.4 Å². The maximum atomic E-state index is 11.4. The van der Waals surface area contributed by atoms with Gasteiger partial charge in [0.25, 0.3) is 0 Å². The molecule has 0 spiro atoms. The van der Waals surface area contributed by atoms with E-state index in [1.165, 1.54) is 0 Å². The monoisotopic (exact) mass is 259 g/mol. The number of anilines is 1. The zero-order chi connectivity index (χ0) is 14.0. The smallest absolute Gasteiger partial charge is 0.170 e. The summed E-state index contributed by atoms with van der Waals surface area (Å²) >= 11 is 0. The number of carbonyl (C=O) groups is 1. The Kier molecular flexibility index (Phi) is 3.88. The molecule has 0 aliphatic heterocycles. The summed E-state index contributed by atoms with van der Waals surface area (Å²) < 4.78 is 1.83. The summed E-state index contributed by atoms with van der Waals surface area (Å²) in [6.45, 7) is 6.57. The molecule has 0 saturated carbocycles. The largest absolute Gasteiger partial charge is 0.355 e. The van der Waals surface area contributed by atoms with Crippen LogP contribution in [-0.4, -0.2) is 28.8 Å². The highest BCUT2D eigenvalue weighted by atomic mass is 16.1. The van der Waals surface area contributed by atoms with Gasteiger partial charge in [0, 0.05) is 19.3 Å². The van der Waals surface area contributed by atoms with Gasteiger partial charge in [0.1, 0.15) is 11.3 Å². The molecule has 2 aromatic heterocycles. The highest BCUT2D eigenvalue weighted by Crippen LogP contribution is 2.23. The molecule has 0 bridgehead atoms. The van der Waals surface area contributed by atoms with Gasteiger partial charge < -0.3 is 4.90 Å². The molecule has 19 heavy (non-hydrogen) atoms. The molecule has 2 aromatic rings. The third kappa shape index (κ3) is 2.62. The Morgan fingerprint density at radius 1 is 1.37 bits per heavy atom. The number of aromatic nitrogens is 2. The minimum absolute atomic E-state index is 0.351. The van der Waals surface area contributed by atoms with Crippen molar-refractivity contribution in [2.24, 2.45) is 5.92 Å². The van der Waals surface area contributed by atoms with Gasteiger partial charge in [-0.3, -0.25) is 9.20 Å². The van der Waals surface area contributed by atoms with Gasteiger partial charge in [0.2, 0.25) is 0 Å². The second-order valence-corrected chi connectivity index (χ2v) is 5.46. The first-order valence-electron chi connectivity index (χ1n) is 6.69. The number of imidazole rings is 1. The van der Waals surface area contributed by atoms with Gasteiger partial charge in [-0.15, -0.1) is 0 Å². The summed E-state index contributed by atoms with van der Waals surface area (Å²) in [5.41, 5.74) is 1.43. The molecule has 1 atom stereocenters. The Hall–Kier alpha value is -1.84. The van der Waals surface area contributed by atoms with Gasteiger partial charge in [0.05, 0.1) is 0 Å². The van der Waals surface area contributed by atoms with E-state index in [2.05, 4.69) is 30.7 Å². The summed E-state index contributed by atoms with van der Waals surface area (Å²) in [5, 5.41) is 0. The Balaban J connectivity index is 2.41. The van der Waals surface area contributed by atoms with Crippen LogP contribution in [0, 0.1) is 5.92 Å². The van der Waals surface area contributed by atoms with Crippen LogP contribution < -0.4 is 4.90 Å². The Morgan fingerprint density at radius 3 is 2.74 bits per heavy atom. The zero-order valence-corrected chi connectivity index (χ0v) is 12.0. The van der Waals surface area contributed by atoms with E-state index in [9.17, 15) is 4.79 Å². The molecule has 0 radical (unpaired) electrons. The lowest BCUT2D eigenvalue weighted by Gasteiger charge is -2.26. The molecule has 4 nitrogen and oxygen atoms in total. The van der Waals surface area contributed by atoms with Gasteiger partial charge in [-0.2, -0.15) is 0 Å². The number of fused-ring (bicyclic) bond motifs is 1. The molecule has 0 aromatic carbocycles. The van der Waals surface area contributed by atoms with Crippen molar-refractivity contribution in [3.63, 3.8) is 0 Å². The van der Waals surface area contributed by atoms with E-state index in [4.69, 9.17) is 0 Å². The number of hydrogen-bond acceptors (Lipinski definition) is 3. The minimum atomic E-state index is 0.351. The molecule has 4 heteroatoms. The predicted molar refractivity (Wildman–Crippen MR) is 77.9 cm³/mol. The van der Waals surface area contributed by atoms with E-state index in [1.54, 1.807) is 0 Å². The molecule has 2 heterocycles. The molecule has 2 rings (SSSR count). The average Bonchev–Trinajstić information content (AvgIpc) is 2.75. The van der Waals surface area contributed by atoms with Crippen LogP contribution >= 0.6 is 0 Å². The second kappa shape index (κ2) is 5.43. The van der Waals surface area contributed by atoms with E-state index in [1.807, 2.05) is 35.8 Å². The third-order valence-corrected chi connectivity index (χ3v) is 3.47. The van der Waals surface area contributed by atoms with Gasteiger partial charge in [-0.25, -0.2) is 4.98 Å². The third-order valence-electron chi connectivity index (χ3n) is 3.47.